The molecule has 0 spiro atoms. The van der Waals surface area contributed by atoms with Crippen LogP contribution in [0.15, 0.2) is 71.6 Å². The molecule has 0 saturated heterocycles. The van der Waals surface area contributed by atoms with Crippen molar-refractivity contribution in [3.05, 3.63) is 94.0 Å². The molecule has 41 heavy (non-hydrogen) atoms. The molecule has 218 valence electrons. The normalized spacial score (nSPS) is 14.8. The molecule has 4 rings (SSSR count). The van der Waals surface area contributed by atoms with E-state index in [4.69, 9.17) is 21.1 Å². The summed E-state index contributed by atoms with van der Waals surface area (Å²) in [5, 5.41) is 10.1. The van der Waals surface area contributed by atoms with Crippen LogP contribution in [0.5, 0.6) is 11.5 Å². The fourth-order valence-electron chi connectivity index (χ4n) is 4.75. The molecule has 0 aromatic heterocycles. The van der Waals surface area contributed by atoms with Gasteiger partial charge in [-0.25, -0.2) is 13.1 Å². The molecule has 3 aromatic carbocycles. The number of carbonyl (C=O) groups is 1. The maximum Gasteiger partial charge on any atom is 0.247 e. The van der Waals surface area contributed by atoms with E-state index < -0.39 is 10.0 Å². The number of phenolic OH excluding ortho intramolecular Hbond substituents is 1. The second-order valence-electron chi connectivity index (χ2n) is 9.87. The molecule has 0 fully saturated rings. The Hall–Kier alpha value is -3.37. The number of rotatable bonds is 13. The lowest BCUT2D eigenvalue weighted by Crippen LogP contribution is -2.39. The lowest BCUT2D eigenvalue weighted by molar-refractivity contribution is -0.128. The maximum atomic E-state index is 13.7. The summed E-state index contributed by atoms with van der Waals surface area (Å²) in [6, 6.07) is 16.8. The van der Waals surface area contributed by atoms with Crippen LogP contribution in [-0.2, 0) is 38.9 Å². The highest BCUT2D eigenvalue weighted by Crippen LogP contribution is 2.31. The van der Waals surface area contributed by atoms with Gasteiger partial charge in [0.15, 0.2) is 0 Å². The molecule has 1 aliphatic rings. The van der Waals surface area contributed by atoms with Crippen LogP contribution in [0.1, 0.15) is 35.6 Å². The van der Waals surface area contributed by atoms with Gasteiger partial charge in [-0.2, -0.15) is 0 Å². The molecule has 0 aliphatic heterocycles. The first-order valence-electron chi connectivity index (χ1n) is 13.5. The number of fused-ring (bicyclic) bond motifs is 1. The third-order valence-electron chi connectivity index (χ3n) is 6.88. The Morgan fingerprint density at radius 1 is 1.07 bits per heavy atom. The summed E-state index contributed by atoms with van der Waals surface area (Å²) < 4.78 is 39.1. The van der Waals surface area contributed by atoms with E-state index in [9.17, 15) is 18.3 Å². The summed E-state index contributed by atoms with van der Waals surface area (Å²) >= 11 is 6.34. The van der Waals surface area contributed by atoms with Gasteiger partial charge in [0, 0.05) is 42.9 Å². The van der Waals surface area contributed by atoms with E-state index in [0.717, 1.165) is 22.3 Å². The second-order valence-corrected chi connectivity index (χ2v) is 12.1. The van der Waals surface area contributed by atoms with Crippen LogP contribution in [0.3, 0.4) is 0 Å². The molecule has 10 heteroatoms. The number of nitrogens with zero attached hydrogens (tertiary/aromatic N) is 1. The van der Waals surface area contributed by atoms with Crippen LogP contribution in [-0.4, -0.2) is 57.2 Å². The largest absolute Gasteiger partial charge is 0.508 e. The summed E-state index contributed by atoms with van der Waals surface area (Å²) in [4.78, 5) is 15.7. The number of hydrogen-bond donors (Lipinski definition) is 2. The highest BCUT2D eigenvalue weighted by molar-refractivity contribution is 7.89. The molecule has 0 saturated carbocycles. The number of ether oxygens (including phenoxy) is 2. The molecule has 0 heterocycles. The van der Waals surface area contributed by atoms with Crippen molar-refractivity contribution in [2.75, 3.05) is 26.9 Å². The summed E-state index contributed by atoms with van der Waals surface area (Å²) in [6.07, 6.45) is 5.00. The topological polar surface area (TPSA) is 105 Å². The Kier molecular flexibility index (Phi) is 10.4. The van der Waals surface area contributed by atoms with Crippen LogP contribution in [0.4, 0.5) is 0 Å². The minimum atomic E-state index is -3.61. The van der Waals surface area contributed by atoms with Gasteiger partial charge >= 0.3 is 0 Å². The lowest BCUT2D eigenvalue weighted by atomic mass is 10.1. The maximum absolute atomic E-state index is 13.7. The first-order chi connectivity index (χ1) is 19.7. The van der Waals surface area contributed by atoms with E-state index in [1.807, 2.05) is 13.0 Å². The average Bonchev–Trinajstić information content (AvgIpc) is 3.38. The SMILES string of the molecule is CCCNS(=O)(=O)c1ccc2c(c1)CC(N(Cc1cc(Cl)ccc1OCCOC)C(=O)/C=C\c1ccc(O)cc1)C2. The third kappa shape index (κ3) is 8.10. The van der Waals surface area contributed by atoms with Gasteiger partial charge in [-0.05, 0) is 84.5 Å². The first-order valence-corrected chi connectivity index (χ1v) is 15.4. The molecule has 1 amide bonds. The van der Waals surface area contributed by atoms with Crippen LogP contribution >= 0.6 is 11.6 Å². The summed E-state index contributed by atoms with van der Waals surface area (Å²) in [6.45, 7) is 3.27. The summed E-state index contributed by atoms with van der Waals surface area (Å²) in [5.41, 5.74) is 3.43. The number of carbonyl (C=O) groups excluding carboxylic acids is 1. The van der Waals surface area contributed by atoms with Crippen molar-refractivity contribution >= 4 is 33.6 Å². The number of phenols is 1. The molecule has 1 atom stereocenters. The van der Waals surface area contributed by atoms with Crippen LogP contribution < -0.4 is 9.46 Å². The Labute approximate surface area is 246 Å². The number of sulfonamides is 1. The van der Waals surface area contributed by atoms with Crippen LogP contribution in [0, 0.1) is 0 Å². The van der Waals surface area contributed by atoms with Gasteiger partial charge in [-0.1, -0.05) is 36.7 Å². The molecule has 2 N–H and O–H groups in total. The molecule has 1 aliphatic carbocycles. The fourth-order valence-corrected chi connectivity index (χ4v) is 6.12. The van der Waals surface area contributed by atoms with E-state index in [1.54, 1.807) is 72.7 Å². The number of methoxy groups -OCH3 is 1. The van der Waals surface area contributed by atoms with Gasteiger partial charge in [-0.15, -0.1) is 0 Å². The minimum Gasteiger partial charge on any atom is -0.508 e. The standard InChI is InChI=1S/C31H35ClN2O6S/c1-3-14-33-41(37,38)29-11-7-23-18-27(19-24(23)20-29)34(31(36)13-6-22-4-9-28(35)10-5-22)21-25-17-26(32)8-12-30(25)40-16-15-39-2/h4-13,17,20,27,33,35H,3,14-16,18-19,21H2,1-2H3/b13-6-. The number of benzene rings is 3. The monoisotopic (exact) mass is 598 g/mol. The van der Waals surface area contributed by atoms with Crippen LogP contribution in [0.25, 0.3) is 6.08 Å². The highest BCUT2D eigenvalue weighted by Gasteiger charge is 2.31. The predicted molar refractivity (Wildman–Crippen MR) is 160 cm³/mol. The van der Waals surface area contributed by atoms with Crippen molar-refractivity contribution in [3.8, 4) is 11.5 Å². The van der Waals surface area contributed by atoms with Crippen molar-refractivity contribution in [1.29, 1.82) is 0 Å². The summed E-state index contributed by atoms with van der Waals surface area (Å²) in [7, 11) is -2.01. The predicted octanol–water partition coefficient (Wildman–Crippen LogP) is 4.97. The molecule has 3 aromatic rings. The van der Waals surface area contributed by atoms with Gasteiger partial charge in [0.2, 0.25) is 15.9 Å². The highest BCUT2D eigenvalue weighted by atomic mass is 35.5. The van der Waals surface area contributed by atoms with Crippen molar-refractivity contribution < 1.29 is 27.8 Å². The number of halogens is 1. The van der Waals surface area contributed by atoms with Gasteiger partial charge < -0.3 is 19.5 Å². The average molecular weight is 599 g/mol. The van der Waals surface area contributed by atoms with E-state index in [0.29, 0.717) is 49.8 Å². The van der Waals surface area contributed by atoms with Crippen molar-refractivity contribution in [1.82, 2.24) is 9.62 Å². The Morgan fingerprint density at radius 3 is 2.56 bits per heavy atom. The molecule has 8 nitrogen and oxygen atoms in total. The summed E-state index contributed by atoms with van der Waals surface area (Å²) in [5.74, 6) is 0.542. The fraction of sp³-hybridized carbons (Fsp3) is 0.323. The smallest absolute Gasteiger partial charge is 0.247 e. The lowest BCUT2D eigenvalue weighted by Gasteiger charge is -2.29. The molecule has 1 unspecified atom stereocenters. The number of hydrogen-bond acceptors (Lipinski definition) is 6. The van der Waals surface area contributed by atoms with E-state index in [-0.39, 0.29) is 29.1 Å². The zero-order valence-electron chi connectivity index (χ0n) is 23.2. The first kappa shape index (κ1) is 30.6. The van der Waals surface area contributed by atoms with E-state index in [1.165, 1.54) is 6.08 Å². The van der Waals surface area contributed by atoms with Crippen molar-refractivity contribution in [3.63, 3.8) is 0 Å². The second kappa shape index (κ2) is 14.0. The molecular weight excluding hydrogens is 564 g/mol. The zero-order chi connectivity index (χ0) is 29.4. The van der Waals surface area contributed by atoms with Gasteiger partial charge in [0.1, 0.15) is 18.1 Å². The minimum absolute atomic E-state index is 0.145. The molecule has 0 bridgehead atoms. The quantitative estimate of drug-likeness (QED) is 0.213. The zero-order valence-corrected chi connectivity index (χ0v) is 24.7. The molecular formula is C31H35ClN2O6S. The van der Waals surface area contributed by atoms with Gasteiger partial charge in [-0.3, -0.25) is 4.79 Å². The Balaban J connectivity index is 1.63. The number of aromatic hydroxyl groups is 1. The van der Waals surface area contributed by atoms with Gasteiger partial charge in [0.25, 0.3) is 0 Å². The van der Waals surface area contributed by atoms with E-state index >= 15 is 0 Å². The Morgan fingerprint density at radius 2 is 1.83 bits per heavy atom. The molecule has 0 radical (unpaired) electrons. The third-order valence-corrected chi connectivity index (χ3v) is 8.58. The van der Waals surface area contributed by atoms with Crippen molar-refractivity contribution in [2.45, 2.75) is 43.7 Å². The Bertz CT molecular complexity index is 1490. The number of nitrogens with one attached hydrogen (secondary N) is 1. The van der Waals surface area contributed by atoms with E-state index in [2.05, 4.69) is 4.72 Å². The van der Waals surface area contributed by atoms with Crippen LogP contribution in [0.2, 0.25) is 5.02 Å². The van der Waals surface area contributed by atoms with Gasteiger partial charge in [0.05, 0.1) is 11.5 Å². The number of amides is 1. The van der Waals surface area contributed by atoms with Crippen molar-refractivity contribution in [2.24, 2.45) is 0 Å².